The van der Waals surface area contributed by atoms with E-state index in [1.165, 1.54) is 28.5 Å². The Bertz CT molecular complexity index is 1270. The van der Waals surface area contributed by atoms with Gasteiger partial charge in [-0.05, 0) is 59.7 Å². The van der Waals surface area contributed by atoms with Crippen LogP contribution in [0.25, 0.3) is 16.6 Å². The molecule has 158 valence electrons. The van der Waals surface area contributed by atoms with E-state index in [1.807, 2.05) is 6.07 Å². The Morgan fingerprint density at radius 3 is 2.81 bits per heavy atom. The molecule has 5 rings (SSSR count). The van der Waals surface area contributed by atoms with Gasteiger partial charge in [0.2, 0.25) is 5.16 Å². The van der Waals surface area contributed by atoms with E-state index in [4.69, 9.17) is 9.72 Å². The van der Waals surface area contributed by atoms with Gasteiger partial charge in [-0.3, -0.25) is 9.36 Å². The summed E-state index contributed by atoms with van der Waals surface area (Å²) in [4.78, 5) is 18.0. The topological polar surface area (TPSA) is 87.7 Å². The van der Waals surface area contributed by atoms with Crippen LogP contribution in [0.5, 0.6) is 0 Å². The van der Waals surface area contributed by atoms with Crippen LogP contribution < -0.4 is 5.56 Å². The van der Waals surface area contributed by atoms with Crippen molar-refractivity contribution in [3.05, 3.63) is 70.5 Å². The number of fused-ring (bicyclic) bond motifs is 1. The van der Waals surface area contributed by atoms with Crippen LogP contribution in [0, 0.1) is 5.82 Å². The molecule has 0 N–H and O–H groups in total. The van der Waals surface area contributed by atoms with Gasteiger partial charge in [0.1, 0.15) is 11.6 Å². The Morgan fingerprint density at radius 1 is 1.16 bits per heavy atom. The Hall–Kier alpha value is -3.11. The van der Waals surface area contributed by atoms with Crippen molar-refractivity contribution in [1.82, 2.24) is 29.8 Å². The highest BCUT2D eigenvalue weighted by atomic mass is 32.2. The van der Waals surface area contributed by atoms with Crippen molar-refractivity contribution in [2.75, 3.05) is 6.61 Å². The summed E-state index contributed by atoms with van der Waals surface area (Å²) < 4.78 is 22.4. The summed E-state index contributed by atoms with van der Waals surface area (Å²) in [6.45, 7) is 1.35. The van der Waals surface area contributed by atoms with Crippen LogP contribution in [0.3, 0.4) is 0 Å². The number of hydrogen-bond acceptors (Lipinski definition) is 7. The second-order valence-electron chi connectivity index (χ2n) is 7.23. The molecule has 0 radical (unpaired) electrons. The number of rotatable bonds is 6. The highest BCUT2D eigenvalue weighted by Crippen LogP contribution is 2.23. The molecule has 3 heterocycles. The van der Waals surface area contributed by atoms with Crippen LogP contribution in [0.15, 0.2) is 58.5 Å². The summed E-state index contributed by atoms with van der Waals surface area (Å²) >= 11 is 1.39. The van der Waals surface area contributed by atoms with E-state index in [0.717, 1.165) is 19.4 Å². The zero-order chi connectivity index (χ0) is 21.2. The fraction of sp³-hybridized carbons (Fsp3) is 0.286. The summed E-state index contributed by atoms with van der Waals surface area (Å²) in [6, 6.07) is 13.0. The van der Waals surface area contributed by atoms with Crippen molar-refractivity contribution in [2.45, 2.75) is 36.4 Å². The number of ether oxygens (including phenoxy) is 1. The molecule has 8 nitrogen and oxygen atoms in total. The van der Waals surface area contributed by atoms with Crippen LogP contribution in [0.4, 0.5) is 4.39 Å². The van der Waals surface area contributed by atoms with E-state index in [9.17, 15) is 9.18 Å². The van der Waals surface area contributed by atoms with Gasteiger partial charge < -0.3 is 4.74 Å². The predicted octanol–water partition coefficient (Wildman–Crippen LogP) is 2.98. The van der Waals surface area contributed by atoms with Crippen molar-refractivity contribution in [3.8, 4) is 5.69 Å². The first kappa shape index (κ1) is 19.8. The Labute approximate surface area is 181 Å². The minimum absolute atomic E-state index is 0.110. The Balaban J connectivity index is 1.49. The van der Waals surface area contributed by atoms with Gasteiger partial charge in [0.15, 0.2) is 0 Å². The lowest BCUT2D eigenvalue weighted by Gasteiger charge is -2.14. The molecule has 1 aliphatic rings. The molecule has 2 aromatic heterocycles. The average molecular weight is 438 g/mol. The molecule has 0 amide bonds. The van der Waals surface area contributed by atoms with Gasteiger partial charge in [-0.15, -0.1) is 5.10 Å². The maximum atomic E-state index is 13.5. The molecule has 0 saturated carbocycles. The number of tetrazole rings is 1. The van der Waals surface area contributed by atoms with Crippen LogP contribution in [-0.4, -0.2) is 42.5 Å². The Kier molecular flexibility index (Phi) is 5.47. The molecule has 2 aromatic carbocycles. The third kappa shape index (κ3) is 4.08. The van der Waals surface area contributed by atoms with Crippen LogP contribution in [0.1, 0.15) is 18.7 Å². The summed E-state index contributed by atoms with van der Waals surface area (Å²) in [5.74, 6) is 0.533. The molecule has 1 fully saturated rings. The lowest BCUT2D eigenvalue weighted by molar-refractivity contribution is 0.0912. The highest BCUT2D eigenvalue weighted by molar-refractivity contribution is 7.98. The first-order valence-corrected chi connectivity index (χ1v) is 10.9. The first-order valence-electron chi connectivity index (χ1n) is 9.96. The molecule has 0 aliphatic carbocycles. The lowest BCUT2D eigenvalue weighted by atomic mass is 10.2. The monoisotopic (exact) mass is 438 g/mol. The normalized spacial score (nSPS) is 16.2. The second kappa shape index (κ2) is 8.56. The number of hydrogen-bond donors (Lipinski definition) is 0. The smallest absolute Gasteiger partial charge is 0.265 e. The number of para-hydroxylation sites is 1. The number of thioether (sulfide) groups is 1. The second-order valence-corrected chi connectivity index (χ2v) is 8.17. The molecule has 1 aliphatic heterocycles. The minimum atomic E-state index is -0.366. The van der Waals surface area contributed by atoms with Crippen molar-refractivity contribution in [2.24, 2.45) is 0 Å². The van der Waals surface area contributed by atoms with Gasteiger partial charge in [0.05, 0.1) is 35.0 Å². The third-order valence-electron chi connectivity index (χ3n) is 5.16. The van der Waals surface area contributed by atoms with E-state index in [-0.39, 0.29) is 17.5 Å². The quantitative estimate of drug-likeness (QED) is 0.428. The molecule has 0 bridgehead atoms. The fourth-order valence-corrected chi connectivity index (χ4v) is 4.46. The van der Waals surface area contributed by atoms with E-state index < -0.39 is 0 Å². The molecule has 4 aromatic rings. The first-order chi connectivity index (χ1) is 15.2. The lowest BCUT2D eigenvalue weighted by Crippen LogP contribution is -2.23. The number of benzene rings is 2. The number of halogens is 1. The van der Waals surface area contributed by atoms with Crippen LogP contribution in [0.2, 0.25) is 0 Å². The van der Waals surface area contributed by atoms with Gasteiger partial charge in [0.25, 0.3) is 5.56 Å². The van der Waals surface area contributed by atoms with E-state index >= 15 is 0 Å². The summed E-state index contributed by atoms with van der Waals surface area (Å²) in [5, 5.41) is 13.1. The molecule has 1 atom stereocenters. The van der Waals surface area contributed by atoms with Gasteiger partial charge in [0, 0.05) is 6.61 Å². The van der Waals surface area contributed by atoms with Gasteiger partial charge >= 0.3 is 0 Å². The molecule has 1 saturated heterocycles. The van der Waals surface area contributed by atoms with Gasteiger partial charge in [-0.1, -0.05) is 23.9 Å². The molecule has 0 spiro atoms. The summed E-state index contributed by atoms with van der Waals surface area (Å²) in [6.07, 6.45) is 2.14. The average Bonchev–Trinajstić information content (AvgIpc) is 3.46. The minimum Gasteiger partial charge on any atom is -0.376 e. The number of aromatic nitrogens is 6. The summed E-state index contributed by atoms with van der Waals surface area (Å²) in [5.41, 5.74) is 0.964. The van der Waals surface area contributed by atoms with Crippen molar-refractivity contribution in [1.29, 1.82) is 0 Å². The van der Waals surface area contributed by atoms with Crippen LogP contribution >= 0.6 is 11.8 Å². The third-order valence-corrected chi connectivity index (χ3v) is 6.11. The molecule has 1 unspecified atom stereocenters. The van der Waals surface area contributed by atoms with E-state index in [2.05, 4.69) is 15.5 Å². The highest BCUT2D eigenvalue weighted by Gasteiger charge is 2.20. The standard InChI is InChI=1S/C21H19FN6O2S/c22-14-7-9-15(10-8-14)28-19(23-18-6-2-1-5-17(18)20(28)29)13-31-21-24-25-26-27(21)12-16-4-3-11-30-16/h1-2,5-10,16H,3-4,11-13H2. The maximum Gasteiger partial charge on any atom is 0.265 e. The van der Waals surface area contributed by atoms with Crippen molar-refractivity contribution >= 4 is 22.7 Å². The molecular formula is C21H19FN6O2S. The van der Waals surface area contributed by atoms with Gasteiger partial charge in [-0.25, -0.2) is 14.1 Å². The van der Waals surface area contributed by atoms with Crippen molar-refractivity contribution in [3.63, 3.8) is 0 Å². The van der Waals surface area contributed by atoms with Crippen molar-refractivity contribution < 1.29 is 9.13 Å². The van der Waals surface area contributed by atoms with Gasteiger partial charge in [-0.2, -0.15) is 0 Å². The molecular weight excluding hydrogens is 419 g/mol. The summed E-state index contributed by atoms with van der Waals surface area (Å²) in [7, 11) is 0. The largest absolute Gasteiger partial charge is 0.376 e. The molecule has 10 heteroatoms. The van der Waals surface area contributed by atoms with Crippen LogP contribution in [-0.2, 0) is 17.0 Å². The van der Waals surface area contributed by atoms with E-state index in [0.29, 0.717) is 39.9 Å². The number of nitrogens with zero attached hydrogens (tertiary/aromatic N) is 6. The zero-order valence-corrected chi connectivity index (χ0v) is 17.3. The zero-order valence-electron chi connectivity index (χ0n) is 16.5. The SMILES string of the molecule is O=c1c2ccccc2nc(CSc2nnnn2CC2CCCO2)n1-c1ccc(F)cc1. The predicted molar refractivity (Wildman–Crippen MR) is 114 cm³/mol. The molecule has 31 heavy (non-hydrogen) atoms. The Morgan fingerprint density at radius 2 is 2.00 bits per heavy atom. The van der Waals surface area contributed by atoms with E-state index in [1.54, 1.807) is 35.0 Å². The maximum absolute atomic E-state index is 13.5. The fourth-order valence-electron chi connectivity index (χ4n) is 3.66.